The summed E-state index contributed by atoms with van der Waals surface area (Å²) in [6.45, 7) is 6.59. The van der Waals surface area contributed by atoms with Gasteiger partial charge in [-0.3, -0.25) is 4.90 Å². The second-order valence-corrected chi connectivity index (χ2v) is 6.84. The normalized spacial score (nSPS) is 16.9. The number of nitrogens with zero attached hydrogens (tertiary/aromatic N) is 2. The summed E-state index contributed by atoms with van der Waals surface area (Å²) in [6, 6.07) is 17.1. The summed E-state index contributed by atoms with van der Waals surface area (Å²) < 4.78 is 5.23. The van der Waals surface area contributed by atoms with Crippen LogP contribution in [0.4, 0.5) is 5.69 Å². The molecule has 0 N–H and O–H groups in total. The molecule has 1 aliphatic heterocycles. The van der Waals surface area contributed by atoms with Gasteiger partial charge in [-0.2, -0.15) is 0 Å². The molecule has 24 heavy (non-hydrogen) atoms. The van der Waals surface area contributed by atoms with Crippen LogP contribution in [-0.4, -0.2) is 44.2 Å². The molecule has 1 atom stereocenters. The fourth-order valence-electron chi connectivity index (χ4n) is 3.33. The average Bonchev–Trinajstić information content (AvgIpc) is 2.62. The van der Waals surface area contributed by atoms with Crippen LogP contribution < -0.4 is 9.64 Å². The number of benzene rings is 2. The minimum Gasteiger partial charge on any atom is -0.497 e. The Morgan fingerprint density at radius 2 is 1.75 bits per heavy atom. The molecule has 0 radical (unpaired) electrons. The first-order chi connectivity index (χ1) is 11.7. The predicted octanol–water partition coefficient (Wildman–Crippen LogP) is 4.10. The van der Waals surface area contributed by atoms with E-state index < -0.39 is 0 Å². The third-order valence-corrected chi connectivity index (χ3v) is 5.04. The molecule has 3 rings (SSSR count). The standard InChI is InChI=1S/C20H25ClN2O/c1-16(14-17-6-8-20(24-2)9-7-17)22-10-12-23(13-11-22)19-5-3-4-18(21)15-19/h3-9,15-16H,10-14H2,1-2H3/t16-/m1/s1. The van der Waals surface area contributed by atoms with Crippen molar-refractivity contribution in [3.8, 4) is 5.75 Å². The Balaban J connectivity index is 1.53. The Morgan fingerprint density at radius 3 is 2.38 bits per heavy atom. The Bertz CT molecular complexity index is 651. The zero-order valence-electron chi connectivity index (χ0n) is 14.4. The number of hydrogen-bond donors (Lipinski definition) is 0. The van der Waals surface area contributed by atoms with Gasteiger partial charge in [-0.25, -0.2) is 0 Å². The topological polar surface area (TPSA) is 15.7 Å². The van der Waals surface area contributed by atoms with Crippen LogP contribution in [0.2, 0.25) is 5.02 Å². The van der Waals surface area contributed by atoms with Gasteiger partial charge in [-0.15, -0.1) is 0 Å². The van der Waals surface area contributed by atoms with Crippen molar-refractivity contribution in [2.45, 2.75) is 19.4 Å². The van der Waals surface area contributed by atoms with Crippen LogP contribution in [0.15, 0.2) is 48.5 Å². The minimum atomic E-state index is 0.542. The molecule has 0 spiro atoms. The van der Waals surface area contributed by atoms with Crippen LogP contribution in [0.1, 0.15) is 12.5 Å². The molecular formula is C20H25ClN2O. The fourth-order valence-corrected chi connectivity index (χ4v) is 3.51. The fraction of sp³-hybridized carbons (Fsp3) is 0.400. The van der Waals surface area contributed by atoms with Gasteiger partial charge in [0.25, 0.3) is 0 Å². The van der Waals surface area contributed by atoms with E-state index in [2.05, 4.69) is 41.0 Å². The quantitative estimate of drug-likeness (QED) is 0.812. The Kier molecular flexibility index (Phi) is 5.64. The van der Waals surface area contributed by atoms with Gasteiger partial charge in [-0.05, 0) is 49.2 Å². The van der Waals surface area contributed by atoms with Crippen LogP contribution in [0, 0.1) is 0 Å². The molecule has 2 aromatic carbocycles. The highest BCUT2D eigenvalue weighted by Crippen LogP contribution is 2.22. The van der Waals surface area contributed by atoms with Crippen LogP contribution in [0.5, 0.6) is 5.75 Å². The van der Waals surface area contributed by atoms with Gasteiger partial charge in [0.05, 0.1) is 7.11 Å². The molecule has 0 amide bonds. The van der Waals surface area contributed by atoms with E-state index in [0.29, 0.717) is 6.04 Å². The molecule has 2 aromatic rings. The van der Waals surface area contributed by atoms with E-state index in [9.17, 15) is 0 Å². The molecule has 128 valence electrons. The van der Waals surface area contributed by atoms with Crippen molar-refractivity contribution < 1.29 is 4.74 Å². The highest BCUT2D eigenvalue weighted by atomic mass is 35.5. The van der Waals surface area contributed by atoms with Crippen molar-refractivity contribution in [3.63, 3.8) is 0 Å². The maximum Gasteiger partial charge on any atom is 0.118 e. The van der Waals surface area contributed by atoms with Gasteiger partial charge in [-0.1, -0.05) is 29.8 Å². The van der Waals surface area contributed by atoms with Gasteiger partial charge in [0.15, 0.2) is 0 Å². The zero-order chi connectivity index (χ0) is 16.9. The van der Waals surface area contributed by atoms with Crippen LogP contribution in [0.25, 0.3) is 0 Å². The summed E-state index contributed by atoms with van der Waals surface area (Å²) in [5.74, 6) is 0.918. The predicted molar refractivity (Wildman–Crippen MR) is 101 cm³/mol. The Morgan fingerprint density at radius 1 is 1.04 bits per heavy atom. The lowest BCUT2D eigenvalue weighted by Crippen LogP contribution is -2.50. The molecular weight excluding hydrogens is 320 g/mol. The second kappa shape index (κ2) is 7.91. The van der Waals surface area contributed by atoms with E-state index in [1.807, 2.05) is 24.3 Å². The van der Waals surface area contributed by atoms with Crippen molar-refractivity contribution >= 4 is 17.3 Å². The molecule has 0 aliphatic carbocycles. The summed E-state index contributed by atoms with van der Waals surface area (Å²) in [7, 11) is 1.71. The zero-order valence-corrected chi connectivity index (χ0v) is 15.2. The molecule has 1 heterocycles. The SMILES string of the molecule is COc1ccc(C[C@@H](C)N2CCN(c3cccc(Cl)c3)CC2)cc1. The monoisotopic (exact) mass is 344 g/mol. The Labute approximate surface area is 149 Å². The molecule has 1 fully saturated rings. The summed E-state index contributed by atoms with van der Waals surface area (Å²) in [5.41, 5.74) is 2.59. The molecule has 0 unspecified atom stereocenters. The van der Waals surface area contributed by atoms with Gasteiger partial charge in [0.1, 0.15) is 5.75 Å². The largest absolute Gasteiger partial charge is 0.497 e. The van der Waals surface area contributed by atoms with E-state index in [1.54, 1.807) is 7.11 Å². The number of piperazine rings is 1. The minimum absolute atomic E-state index is 0.542. The van der Waals surface area contributed by atoms with Gasteiger partial charge < -0.3 is 9.64 Å². The molecule has 0 saturated carbocycles. The van der Waals surface area contributed by atoms with Crippen molar-refractivity contribution in [3.05, 3.63) is 59.1 Å². The lowest BCUT2D eigenvalue weighted by Gasteiger charge is -2.39. The lowest BCUT2D eigenvalue weighted by molar-refractivity contribution is 0.196. The number of rotatable bonds is 5. The van der Waals surface area contributed by atoms with Gasteiger partial charge in [0, 0.05) is 42.9 Å². The number of anilines is 1. The van der Waals surface area contributed by atoms with Gasteiger partial charge >= 0.3 is 0 Å². The van der Waals surface area contributed by atoms with E-state index in [1.165, 1.54) is 11.3 Å². The van der Waals surface area contributed by atoms with Crippen molar-refractivity contribution in [1.29, 1.82) is 0 Å². The molecule has 0 aromatic heterocycles. The van der Waals surface area contributed by atoms with Crippen molar-refractivity contribution in [2.24, 2.45) is 0 Å². The summed E-state index contributed by atoms with van der Waals surface area (Å²) in [4.78, 5) is 4.99. The molecule has 3 nitrogen and oxygen atoms in total. The first-order valence-corrected chi connectivity index (χ1v) is 8.91. The summed E-state index contributed by atoms with van der Waals surface area (Å²) in [5, 5.41) is 0.808. The molecule has 4 heteroatoms. The van der Waals surface area contributed by atoms with E-state index >= 15 is 0 Å². The molecule has 0 bridgehead atoms. The highest BCUT2D eigenvalue weighted by Gasteiger charge is 2.21. The summed E-state index contributed by atoms with van der Waals surface area (Å²) >= 11 is 6.11. The maximum absolute atomic E-state index is 6.11. The second-order valence-electron chi connectivity index (χ2n) is 6.40. The molecule has 1 aliphatic rings. The van der Waals surface area contributed by atoms with Crippen molar-refractivity contribution in [2.75, 3.05) is 38.2 Å². The summed E-state index contributed by atoms with van der Waals surface area (Å²) in [6.07, 6.45) is 1.07. The van der Waals surface area contributed by atoms with E-state index in [4.69, 9.17) is 16.3 Å². The molecule has 1 saturated heterocycles. The lowest BCUT2D eigenvalue weighted by atomic mass is 10.0. The number of halogens is 1. The van der Waals surface area contributed by atoms with Crippen LogP contribution in [-0.2, 0) is 6.42 Å². The number of ether oxygens (including phenoxy) is 1. The number of methoxy groups -OCH3 is 1. The van der Waals surface area contributed by atoms with Crippen LogP contribution in [0.3, 0.4) is 0 Å². The Hall–Kier alpha value is -1.71. The first kappa shape index (κ1) is 17.1. The van der Waals surface area contributed by atoms with Crippen LogP contribution >= 0.6 is 11.6 Å². The number of hydrogen-bond acceptors (Lipinski definition) is 3. The average molecular weight is 345 g/mol. The maximum atomic E-state index is 6.11. The van der Waals surface area contributed by atoms with E-state index in [0.717, 1.165) is 43.4 Å². The third-order valence-electron chi connectivity index (χ3n) is 4.80. The first-order valence-electron chi connectivity index (χ1n) is 8.53. The highest BCUT2D eigenvalue weighted by molar-refractivity contribution is 6.30. The van der Waals surface area contributed by atoms with Gasteiger partial charge in [0.2, 0.25) is 0 Å². The third kappa shape index (κ3) is 4.22. The van der Waals surface area contributed by atoms with E-state index in [-0.39, 0.29) is 0 Å². The van der Waals surface area contributed by atoms with Crippen molar-refractivity contribution in [1.82, 2.24) is 4.90 Å². The smallest absolute Gasteiger partial charge is 0.118 e.